The van der Waals surface area contributed by atoms with Crippen LogP contribution < -0.4 is 15.8 Å². The molecule has 2 aliphatic rings. The Labute approximate surface area is 145 Å². The summed E-state index contributed by atoms with van der Waals surface area (Å²) in [5, 5.41) is 9.74. The Kier molecular flexibility index (Phi) is 5.15. The summed E-state index contributed by atoms with van der Waals surface area (Å²) in [6.07, 6.45) is 4.16. The highest BCUT2D eigenvalue weighted by Gasteiger charge is 2.38. The van der Waals surface area contributed by atoms with Crippen LogP contribution in [0.15, 0.2) is 39.3 Å². The Bertz CT molecular complexity index is 651. The Morgan fingerprint density at radius 3 is 2.79 bits per heavy atom. The number of aliphatic imine (C=N–C) groups is 1. The average Bonchev–Trinajstić information content (AvgIpc) is 2.99. The van der Waals surface area contributed by atoms with E-state index < -0.39 is 11.0 Å². The number of guanidine groups is 1. The summed E-state index contributed by atoms with van der Waals surface area (Å²) in [6.45, 7) is 5.34. The van der Waals surface area contributed by atoms with Crippen LogP contribution in [0.2, 0.25) is 0 Å². The van der Waals surface area contributed by atoms with Crippen molar-refractivity contribution in [2.24, 2.45) is 15.5 Å². The van der Waals surface area contributed by atoms with E-state index in [0.29, 0.717) is 23.1 Å². The third kappa shape index (κ3) is 3.76. The quantitative estimate of drug-likeness (QED) is 0.430. The maximum Gasteiger partial charge on any atom is 0.227 e. The van der Waals surface area contributed by atoms with Gasteiger partial charge in [-0.25, -0.2) is 9.22 Å². The molecule has 1 unspecified atom stereocenters. The van der Waals surface area contributed by atoms with Gasteiger partial charge in [-0.1, -0.05) is 0 Å². The molecule has 1 saturated heterocycles. The van der Waals surface area contributed by atoms with Gasteiger partial charge in [0.25, 0.3) is 0 Å². The molecule has 7 nitrogen and oxygen atoms in total. The monoisotopic (exact) mass is 348 g/mol. The van der Waals surface area contributed by atoms with E-state index in [2.05, 4.69) is 20.1 Å². The molecule has 1 aromatic carbocycles. The fourth-order valence-corrected chi connectivity index (χ4v) is 3.80. The van der Waals surface area contributed by atoms with Crippen LogP contribution in [-0.2, 0) is 11.0 Å². The van der Waals surface area contributed by atoms with E-state index in [1.807, 2.05) is 18.1 Å². The van der Waals surface area contributed by atoms with Crippen LogP contribution >= 0.6 is 0 Å². The van der Waals surface area contributed by atoms with Crippen molar-refractivity contribution < 1.29 is 4.21 Å². The zero-order valence-electron chi connectivity index (χ0n) is 13.9. The van der Waals surface area contributed by atoms with Crippen molar-refractivity contribution in [1.29, 1.82) is 0 Å². The molecule has 1 atom stereocenters. The van der Waals surface area contributed by atoms with Crippen LogP contribution in [0.5, 0.6) is 0 Å². The summed E-state index contributed by atoms with van der Waals surface area (Å²) in [5.74, 6) is 0.555. The van der Waals surface area contributed by atoms with Crippen molar-refractivity contribution in [1.82, 2.24) is 15.0 Å². The zero-order valence-corrected chi connectivity index (χ0v) is 14.7. The summed E-state index contributed by atoms with van der Waals surface area (Å²) >= 11 is 0. The second kappa shape index (κ2) is 7.31. The summed E-state index contributed by atoms with van der Waals surface area (Å²) < 4.78 is 15.6. The molecule has 0 saturated carbocycles. The molecule has 0 aliphatic carbocycles. The molecule has 1 fully saturated rings. The van der Waals surface area contributed by atoms with Gasteiger partial charge in [-0.15, -0.1) is 0 Å². The van der Waals surface area contributed by atoms with E-state index in [0.717, 1.165) is 32.5 Å². The van der Waals surface area contributed by atoms with Gasteiger partial charge in [0.05, 0.1) is 11.4 Å². The molecular weight excluding hydrogens is 324 g/mol. The van der Waals surface area contributed by atoms with Crippen molar-refractivity contribution in [3.05, 3.63) is 24.3 Å². The summed E-state index contributed by atoms with van der Waals surface area (Å²) in [7, 11) is -1.40. The lowest BCUT2D eigenvalue weighted by molar-refractivity contribution is 0.265. The number of hydrazone groups is 1. The van der Waals surface area contributed by atoms with Crippen molar-refractivity contribution in [3.8, 4) is 0 Å². The SMILES string of the molecule is CCN=C(NS(=O)c1ccc(N)cc1)N1CC2(C=N1)CCNCC2. The van der Waals surface area contributed by atoms with Crippen LogP contribution in [0.3, 0.4) is 0 Å². The molecule has 2 aliphatic heterocycles. The first-order valence-electron chi connectivity index (χ1n) is 8.24. The number of benzene rings is 1. The second-order valence-corrected chi connectivity index (χ2v) is 7.37. The van der Waals surface area contributed by atoms with Gasteiger partial charge in [0.15, 0.2) is 11.0 Å². The molecular formula is C16H24N6OS. The smallest absolute Gasteiger partial charge is 0.227 e. The number of nitrogens with two attached hydrogens (primary N) is 1. The Hall–Kier alpha value is -1.93. The van der Waals surface area contributed by atoms with Gasteiger partial charge in [0, 0.05) is 23.9 Å². The van der Waals surface area contributed by atoms with Gasteiger partial charge in [-0.05, 0) is 57.1 Å². The van der Waals surface area contributed by atoms with Crippen molar-refractivity contribution in [2.45, 2.75) is 24.7 Å². The number of nitrogens with one attached hydrogen (secondary N) is 2. The minimum Gasteiger partial charge on any atom is -0.399 e. The van der Waals surface area contributed by atoms with Gasteiger partial charge in [-0.2, -0.15) is 5.10 Å². The summed E-state index contributed by atoms with van der Waals surface area (Å²) in [4.78, 5) is 5.11. The van der Waals surface area contributed by atoms with Crippen molar-refractivity contribution in [3.63, 3.8) is 0 Å². The molecule has 0 amide bonds. The molecule has 3 rings (SSSR count). The molecule has 130 valence electrons. The number of hydrogen-bond acceptors (Lipinski definition) is 5. The second-order valence-electron chi connectivity index (χ2n) is 6.15. The number of nitrogens with zero attached hydrogens (tertiary/aromatic N) is 3. The highest BCUT2D eigenvalue weighted by Crippen LogP contribution is 2.32. The van der Waals surface area contributed by atoms with Crippen LogP contribution in [0.25, 0.3) is 0 Å². The van der Waals surface area contributed by atoms with E-state index >= 15 is 0 Å². The van der Waals surface area contributed by atoms with Crippen LogP contribution in [0, 0.1) is 5.41 Å². The van der Waals surface area contributed by atoms with Crippen molar-refractivity contribution >= 4 is 28.8 Å². The standard InChI is InChI=1S/C16H24N6OS/c1-2-19-15(21-24(23)14-5-3-13(17)4-6-14)22-12-16(11-20-22)7-9-18-10-8-16/h3-6,11,18H,2,7-10,12,17H2,1H3,(H,19,21). The highest BCUT2D eigenvalue weighted by molar-refractivity contribution is 7.83. The lowest BCUT2D eigenvalue weighted by atomic mass is 9.81. The fraction of sp³-hybridized carbons (Fsp3) is 0.500. The fourth-order valence-electron chi connectivity index (χ4n) is 2.96. The van der Waals surface area contributed by atoms with Gasteiger partial charge in [0.2, 0.25) is 5.96 Å². The molecule has 24 heavy (non-hydrogen) atoms. The molecule has 0 bridgehead atoms. The number of nitrogen functional groups attached to an aromatic ring is 1. The third-order valence-corrected chi connectivity index (χ3v) is 5.43. The first-order valence-corrected chi connectivity index (χ1v) is 9.39. The van der Waals surface area contributed by atoms with E-state index in [-0.39, 0.29) is 5.41 Å². The molecule has 8 heteroatoms. The summed E-state index contributed by atoms with van der Waals surface area (Å²) in [6, 6.07) is 6.99. The van der Waals surface area contributed by atoms with E-state index in [1.54, 1.807) is 24.3 Å². The number of rotatable bonds is 3. The molecule has 0 aromatic heterocycles. The molecule has 4 N–H and O–H groups in total. The van der Waals surface area contributed by atoms with E-state index in [4.69, 9.17) is 5.73 Å². The summed E-state index contributed by atoms with van der Waals surface area (Å²) in [5.41, 5.74) is 6.43. The number of piperidine rings is 1. The van der Waals surface area contributed by atoms with Gasteiger partial charge >= 0.3 is 0 Å². The number of anilines is 1. The zero-order chi connectivity index (χ0) is 17.0. The number of hydrogen-bond donors (Lipinski definition) is 3. The lowest BCUT2D eigenvalue weighted by Crippen LogP contribution is -2.44. The Morgan fingerprint density at radius 2 is 2.12 bits per heavy atom. The minimum atomic E-state index is -1.40. The van der Waals surface area contributed by atoms with Gasteiger partial charge in [-0.3, -0.25) is 9.71 Å². The third-order valence-electron chi connectivity index (χ3n) is 4.37. The molecule has 2 heterocycles. The van der Waals surface area contributed by atoms with Gasteiger partial charge in [0.1, 0.15) is 0 Å². The predicted molar refractivity (Wildman–Crippen MR) is 98.1 cm³/mol. The van der Waals surface area contributed by atoms with Crippen molar-refractivity contribution in [2.75, 3.05) is 31.9 Å². The largest absolute Gasteiger partial charge is 0.399 e. The maximum atomic E-state index is 12.6. The lowest BCUT2D eigenvalue weighted by Gasteiger charge is -2.32. The predicted octanol–water partition coefficient (Wildman–Crippen LogP) is 0.928. The first-order chi connectivity index (χ1) is 11.6. The normalized spacial score (nSPS) is 21.2. The molecule has 1 aromatic rings. The minimum absolute atomic E-state index is 0.101. The van der Waals surface area contributed by atoms with Gasteiger partial charge < -0.3 is 11.1 Å². The van der Waals surface area contributed by atoms with E-state index in [9.17, 15) is 4.21 Å². The maximum absolute atomic E-state index is 12.6. The highest BCUT2D eigenvalue weighted by atomic mass is 32.2. The van der Waals surface area contributed by atoms with Crippen LogP contribution in [0.4, 0.5) is 5.69 Å². The molecule has 1 spiro atoms. The first kappa shape index (κ1) is 16.9. The average molecular weight is 348 g/mol. The van der Waals surface area contributed by atoms with E-state index in [1.165, 1.54) is 0 Å². The topological polar surface area (TPSA) is 95.1 Å². The Morgan fingerprint density at radius 1 is 1.42 bits per heavy atom. The Balaban J connectivity index is 1.69. The van der Waals surface area contributed by atoms with Crippen LogP contribution in [0.1, 0.15) is 19.8 Å². The molecule has 0 radical (unpaired) electrons. The van der Waals surface area contributed by atoms with Crippen LogP contribution in [-0.4, -0.2) is 47.6 Å².